The minimum absolute atomic E-state index is 0. The van der Waals surface area contributed by atoms with Crippen molar-refractivity contribution in [1.29, 1.82) is 0 Å². The predicted octanol–water partition coefficient (Wildman–Crippen LogP) is 3.90. The van der Waals surface area contributed by atoms with Crippen molar-refractivity contribution in [2.75, 3.05) is 37.9 Å². The molecule has 1 amide bonds. The fourth-order valence-corrected chi connectivity index (χ4v) is 2.62. The zero-order valence-corrected chi connectivity index (χ0v) is 19.6. The van der Waals surface area contributed by atoms with Crippen molar-refractivity contribution in [3.8, 4) is 11.5 Å². The Bertz CT molecular complexity index is 810. The number of carbonyl (C=O) groups is 1. The average Bonchev–Trinajstić information content (AvgIpc) is 2.69. The molecule has 0 radical (unpaired) electrons. The van der Waals surface area contributed by atoms with Crippen LogP contribution in [0.4, 0.5) is 11.4 Å². The van der Waals surface area contributed by atoms with E-state index in [2.05, 4.69) is 20.9 Å². The van der Waals surface area contributed by atoms with Gasteiger partial charge in [-0.15, -0.1) is 24.0 Å². The molecule has 2 aromatic rings. The second-order valence-corrected chi connectivity index (χ2v) is 6.05. The third kappa shape index (κ3) is 8.18. The van der Waals surface area contributed by atoms with Crippen molar-refractivity contribution < 1.29 is 14.3 Å². The first-order chi connectivity index (χ1) is 13.5. The first kappa shape index (κ1) is 24.5. The van der Waals surface area contributed by atoms with E-state index >= 15 is 0 Å². The normalized spacial score (nSPS) is 10.6. The Labute approximate surface area is 189 Å². The van der Waals surface area contributed by atoms with E-state index in [9.17, 15) is 4.79 Å². The maximum Gasteiger partial charge on any atom is 0.221 e. The molecule has 2 rings (SSSR count). The molecule has 29 heavy (non-hydrogen) atoms. The summed E-state index contributed by atoms with van der Waals surface area (Å²) >= 11 is 0. The van der Waals surface area contributed by atoms with Crippen LogP contribution in [0.3, 0.4) is 0 Å². The van der Waals surface area contributed by atoms with Crippen molar-refractivity contribution >= 4 is 47.2 Å². The molecule has 0 aliphatic heterocycles. The van der Waals surface area contributed by atoms with E-state index in [-0.39, 0.29) is 29.9 Å². The lowest BCUT2D eigenvalue weighted by Crippen LogP contribution is -2.32. The van der Waals surface area contributed by atoms with Crippen LogP contribution in [0.5, 0.6) is 11.5 Å². The highest BCUT2D eigenvalue weighted by molar-refractivity contribution is 14.0. The fourth-order valence-electron chi connectivity index (χ4n) is 2.62. The number of halogens is 1. The average molecular weight is 512 g/mol. The molecule has 0 spiro atoms. The fraction of sp³-hybridized carbons (Fsp3) is 0.333. The first-order valence-electron chi connectivity index (χ1n) is 9.20. The predicted molar refractivity (Wildman–Crippen MR) is 129 cm³/mol. The lowest BCUT2D eigenvalue weighted by molar-refractivity contribution is -0.114. The van der Waals surface area contributed by atoms with E-state index in [1.807, 2.05) is 49.4 Å². The number of nitrogens with zero attached hydrogens (tertiary/aromatic N) is 1. The molecule has 0 aliphatic rings. The first-order valence-corrected chi connectivity index (χ1v) is 9.20. The number of hydrogen-bond acceptors (Lipinski definition) is 4. The number of carbonyl (C=O) groups excluding carboxylic acids is 1. The number of benzene rings is 2. The minimum atomic E-state index is -0.0739. The zero-order chi connectivity index (χ0) is 20.4. The quantitative estimate of drug-likeness (QED) is 0.284. The number of methoxy groups -OCH3 is 1. The Kier molecular flexibility index (Phi) is 10.9. The molecule has 2 aromatic carbocycles. The molecule has 0 atom stereocenters. The van der Waals surface area contributed by atoms with Crippen LogP contribution in [0.1, 0.15) is 19.4 Å². The molecule has 0 aromatic heterocycles. The Morgan fingerprint density at radius 3 is 2.31 bits per heavy atom. The summed E-state index contributed by atoms with van der Waals surface area (Å²) in [4.78, 5) is 15.3. The van der Waals surface area contributed by atoms with Crippen LogP contribution in [0.25, 0.3) is 0 Å². The van der Waals surface area contributed by atoms with Crippen molar-refractivity contribution in [3.63, 3.8) is 0 Å². The molecule has 0 unspecified atom stereocenters. The van der Waals surface area contributed by atoms with Gasteiger partial charge < -0.3 is 25.4 Å². The second-order valence-electron chi connectivity index (χ2n) is 6.05. The molecule has 7 nitrogen and oxygen atoms in total. The van der Waals surface area contributed by atoms with Gasteiger partial charge in [-0.1, -0.05) is 12.1 Å². The Morgan fingerprint density at radius 2 is 1.72 bits per heavy atom. The highest BCUT2D eigenvalue weighted by Crippen LogP contribution is 2.30. The van der Waals surface area contributed by atoms with Gasteiger partial charge in [0.2, 0.25) is 5.91 Å². The van der Waals surface area contributed by atoms with Crippen molar-refractivity contribution in [2.24, 2.45) is 4.99 Å². The number of anilines is 2. The van der Waals surface area contributed by atoms with Gasteiger partial charge in [0.15, 0.2) is 17.5 Å². The number of hydrogen-bond donors (Lipinski definition) is 3. The SMILES string of the molecule is CCOc1ccc(NC(=NC)NCCc2ccc(NC(C)=O)cc2)cc1OC.I. The molecule has 0 saturated heterocycles. The molecular formula is C21H29IN4O3. The Balaban J connectivity index is 0.00000420. The topological polar surface area (TPSA) is 84.0 Å². The van der Waals surface area contributed by atoms with Crippen molar-refractivity contribution in [3.05, 3.63) is 48.0 Å². The molecule has 0 saturated carbocycles. The number of guanidine groups is 1. The summed E-state index contributed by atoms with van der Waals surface area (Å²) in [7, 11) is 3.34. The van der Waals surface area contributed by atoms with Gasteiger partial charge in [-0.25, -0.2) is 0 Å². The van der Waals surface area contributed by atoms with Crippen LogP contribution in [0.15, 0.2) is 47.5 Å². The largest absolute Gasteiger partial charge is 0.493 e. The molecule has 0 heterocycles. The van der Waals surface area contributed by atoms with Crippen LogP contribution in [-0.2, 0) is 11.2 Å². The van der Waals surface area contributed by atoms with E-state index in [1.54, 1.807) is 14.2 Å². The highest BCUT2D eigenvalue weighted by atomic mass is 127. The van der Waals surface area contributed by atoms with Crippen LogP contribution < -0.4 is 25.4 Å². The number of amides is 1. The monoisotopic (exact) mass is 512 g/mol. The molecule has 8 heteroatoms. The van der Waals surface area contributed by atoms with Gasteiger partial charge in [-0.2, -0.15) is 0 Å². The second kappa shape index (κ2) is 12.9. The summed E-state index contributed by atoms with van der Waals surface area (Å²) in [5, 5.41) is 9.29. The Morgan fingerprint density at radius 1 is 1.03 bits per heavy atom. The van der Waals surface area contributed by atoms with Crippen LogP contribution in [-0.4, -0.2) is 39.2 Å². The van der Waals surface area contributed by atoms with Crippen molar-refractivity contribution in [2.45, 2.75) is 20.3 Å². The lowest BCUT2D eigenvalue weighted by Gasteiger charge is -2.14. The maximum absolute atomic E-state index is 11.1. The van der Waals surface area contributed by atoms with Crippen LogP contribution in [0.2, 0.25) is 0 Å². The van der Waals surface area contributed by atoms with E-state index in [0.29, 0.717) is 30.6 Å². The standard InChI is InChI=1S/C21H28N4O3.HI/c1-5-28-19-11-10-18(14-20(19)27-4)25-21(22-3)23-13-12-16-6-8-17(9-7-16)24-15(2)26;/h6-11,14H,5,12-13H2,1-4H3,(H,24,26)(H2,22,23,25);1H. The smallest absolute Gasteiger partial charge is 0.221 e. The lowest BCUT2D eigenvalue weighted by atomic mass is 10.1. The molecule has 3 N–H and O–H groups in total. The summed E-state index contributed by atoms with van der Waals surface area (Å²) < 4.78 is 10.9. The summed E-state index contributed by atoms with van der Waals surface area (Å²) in [6.07, 6.45) is 0.827. The van der Waals surface area contributed by atoms with Gasteiger partial charge in [0.25, 0.3) is 0 Å². The number of rotatable bonds is 8. The third-order valence-corrected chi connectivity index (χ3v) is 3.93. The summed E-state index contributed by atoms with van der Waals surface area (Å²) in [6, 6.07) is 13.5. The maximum atomic E-state index is 11.1. The molecular weight excluding hydrogens is 483 g/mol. The molecule has 158 valence electrons. The highest BCUT2D eigenvalue weighted by Gasteiger charge is 2.07. The van der Waals surface area contributed by atoms with Gasteiger partial charge in [0, 0.05) is 38.0 Å². The van der Waals surface area contributed by atoms with Crippen LogP contribution >= 0.6 is 24.0 Å². The van der Waals surface area contributed by atoms with Crippen molar-refractivity contribution in [1.82, 2.24) is 5.32 Å². The number of ether oxygens (including phenoxy) is 2. The van der Waals surface area contributed by atoms with E-state index in [1.165, 1.54) is 12.5 Å². The minimum Gasteiger partial charge on any atom is -0.493 e. The molecule has 0 fully saturated rings. The van der Waals surface area contributed by atoms with Gasteiger partial charge >= 0.3 is 0 Å². The van der Waals surface area contributed by atoms with E-state index in [0.717, 1.165) is 17.8 Å². The summed E-state index contributed by atoms with van der Waals surface area (Å²) in [5.74, 6) is 1.97. The van der Waals surface area contributed by atoms with E-state index in [4.69, 9.17) is 9.47 Å². The Hall–Kier alpha value is -2.49. The van der Waals surface area contributed by atoms with Gasteiger partial charge in [0.1, 0.15) is 0 Å². The van der Waals surface area contributed by atoms with Crippen LogP contribution in [0, 0.1) is 0 Å². The number of nitrogens with one attached hydrogen (secondary N) is 3. The third-order valence-electron chi connectivity index (χ3n) is 3.93. The van der Waals surface area contributed by atoms with Gasteiger partial charge in [-0.05, 0) is 43.2 Å². The molecule has 0 aliphatic carbocycles. The van der Waals surface area contributed by atoms with Gasteiger partial charge in [0.05, 0.1) is 13.7 Å². The van der Waals surface area contributed by atoms with E-state index < -0.39 is 0 Å². The number of aliphatic imine (C=N–C) groups is 1. The molecule has 0 bridgehead atoms. The summed E-state index contributed by atoms with van der Waals surface area (Å²) in [5.41, 5.74) is 2.82. The zero-order valence-electron chi connectivity index (χ0n) is 17.2. The summed E-state index contributed by atoms with van der Waals surface area (Å²) in [6.45, 7) is 4.73. The van der Waals surface area contributed by atoms with Gasteiger partial charge in [-0.3, -0.25) is 9.79 Å².